The maximum Gasteiger partial charge on any atom is 0.217 e. The predicted molar refractivity (Wildman–Crippen MR) is 45.2 cm³/mol. The zero-order valence-corrected chi connectivity index (χ0v) is 7.39. The molecule has 1 amide bonds. The van der Waals surface area contributed by atoms with E-state index in [-0.39, 0.29) is 5.91 Å². The normalized spacial score (nSPS) is 31.5. The Morgan fingerprint density at radius 1 is 1.45 bits per heavy atom. The third kappa shape index (κ3) is 2.91. The predicted octanol–water partition coefficient (Wildman–Crippen LogP) is 1.70. The molecule has 0 spiro atoms. The van der Waals surface area contributed by atoms with Gasteiger partial charge in [-0.15, -0.1) is 0 Å². The third-order valence-corrected chi connectivity index (χ3v) is 2.34. The summed E-state index contributed by atoms with van der Waals surface area (Å²) in [6.07, 6.45) is 4.94. The Kier molecular flexibility index (Phi) is 2.92. The molecule has 2 heteroatoms. The van der Waals surface area contributed by atoms with Gasteiger partial charge >= 0.3 is 0 Å². The van der Waals surface area contributed by atoms with Crippen molar-refractivity contribution in [3.63, 3.8) is 0 Å². The molecule has 0 bridgehead atoms. The van der Waals surface area contributed by atoms with Crippen molar-refractivity contribution >= 4 is 5.91 Å². The Bertz CT molecular complexity index is 144. The number of hydrogen-bond donors (Lipinski definition) is 1. The van der Waals surface area contributed by atoms with Gasteiger partial charge in [0.2, 0.25) is 5.91 Å². The van der Waals surface area contributed by atoms with Crippen LogP contribution in [0.1, 0.15) is 39.5 Å². The van der Waals surface area contributed by atoms with Gasteiger partial charge in [0.15, 0.2) is 0 Å². The van der Waals surface area contributed by atoms with Gasteiger partial charge in [0.1, 0.15) is 0 Å². The van der Waals surface area contributed by atoms with Crippen molar-refractivity contribution in [3.05, 3.63) is 0 Å². The zero-order chi connectivity index (χ0) is 8.27. The number of hydrogen-bond acceptors (Lipinski definition) is 1. The number of amides is 1. The SMILES string of the molecule is CC(=O)N[C@H]1CCC[C@@H](C)C1. The molecule has 64 valence electrons. The molecule has 1 aliphatic rings. The van der Waals surface area contributed by atoms with Gasteiger partial charge in [-0.05, 0) is 18.8 Å². The Hall–Kier alpha value is -0.530. The maximum atomic E-state index is 10.7. The molecule has 0 heterocycles. The highest BCUT2D eigenvalue weighted by Crippen LogP contribution is 2.23. The van der Waals surface area contributed by atoms with Crippen molar-refractivity contribution < 1.29 is 4.79 Å². The molecule has 1 rings (SSSR count). The summed E-state index contributed by atoms with van der Waals surface area (Å²) in [5, 5.41) is 2.97. The highest BCUT2D eigenvalue weighted by Gasteiger charge is 2.18. The van der Waals surface area contributed by atoms with E-state index in [1.54, 1.807) is 6.92 Å². The first-order valence-corrected chi connectivity index (χ1v) is 4.45. The Morgan fingerprint density at radius 3 is 2.73 bits per heavy atom. The van der Waals surface area contributed by atoms with Gasteiger partial charge in [0.25, 0.3) is 0 Å². The average molecular weight is 155 g/mol. The molecule has 0 radical (unpaired) electrons. The highest BCUT2D eigenvalue weighted by molar-refractivity contribution is 5.73. The maximum absolute atomic E-state index is 10.7. The third-order valence-electron chi connectivity index (χ3n) is 2.34. The van der Waals surface area contributed by atoms with Crippen molar-refractivity contribution in [2.45, 2.75) is 45.6 Å². The van der Waals surface area contributed by atoms with Gasteiger partial charge in [0, 0.05) is 13.0 Å². The van der Waals surface area contributed by atoms with Crippen molar-refractivity contribution in [1.82, 2.24) is 5.32 Å². The molecule has 11 heavy (non-hydrogen) atoms. The molecule has 0 unspecified atom stereocenters. The Balaban J connectivity index is 2.28. The second kappa shape index (κ2) is 3.74. The van der Waals surface area contributed by atoms with Gasteiger partial charge in [-0.25, -0.2) is 0 Å². The minimum absolute atomic E-state index is 0.115. The van der Waals surface area contributed by atoms with Gasteiger partial charge < -0.3 is 5.32 Å². The first-order valence-electron chi connectivity index (χ1n) is 4.45. The van der Waals surface area contributed by atoms with Crippen molar-refractivity contribution in [3.8, 4) is 0 Å². The summed E-state index contributed by atoms with van der Waals surface area (Å²) in [6.45, 7) is 3.85. The molecule has 0 aromatic carbocycles. The largest absolute Gasteiger partial charge is 0.354 e. The smallest absolute Gasteiger partial charge is 0.217 e. The van der Waals surface area contributed by atoms with E-state index >= 15 is 0 Å². The van der Waals surface area contributed by atoms with Crippen LogP contribution in [0.4, 0.5) is 0 Å². The van der Waals surface area contributed by atoms with Crippen LogP contribution >= 0.6 is 0 Å². The van der Waals surface area contributed by atoms with Crippen LogP contribution in [-0.4, -0.2) is 11.9 Å². The van der Waals surface area contributed by atoms with E-state index in [9.17, 15) is 4.79 Å². The van der Waals surface area contributed by atoms with Crippen LogP contribution in [0.3, 0.4) is 0 Å². The van der Waals surface area contributed by atoms with E-state index in [2.05, 4.69) is 12.2 Å². The van der Waals surface area contributed by atoms with Crippen LogP contribution < -0.4 is 5.32 Å². The second-order valence-electron chi connectivity index (χ2n) is 3.67. The average Bonchev–Trinajstić information content (AvgIpc) is 1.85. The molecule has 0 aromatic rings. The highest BCUT2D eigenvalue weighted by atomic mass is 16.1. The minimum Gasteiger partial charge on any atom is -0.354 e. The van der Waals surface area contributed by atoms with E-state index in [1.807, 2.05) is 0 Å². The molecule has 0 aliphatic heterocycles. The summed E-state index contributed by atoms with van der Waals surface area (Å²) in [7, 11) is 0. The molecule has 2 atom stereocenters. The lowest BCUT2D eigenvalue weighted by molar-refractivity contribution is -0.119. The topological polar surface area (TPSA) is 29.1 Å². The van der Waals surface area contributed by atoms with Gasteiger partial charge in [0.05, 0.1) is 0 Å². The van der Waals surface area contributed by atoms with Crippen LogP contribution in [0.15, 0.2) is 0 Å². The lowest BCUT2D eigenvalue weighted by atomic mass is 9.87. The molecular weight excluding hydrogens is 138 g/mol. The fourth-order valence-electron chi connectivity index (χ4n) is 1.85. The molecule has 0 aromatic heterocycles. The summed E-state index contributed by atoms with van der Waals surface area (Å²) in [5.41, 5.74) is 0. The molecule has 1 N–H and O–H groups in total. The van der Waals surface area contributed by atoms with E-state index in [0.29, 0.717) is 6.04 Å². The van der Waals surface area contributed by atoms with Gasteiger partial charge in [-0.2, -0.15) is 0 Å². The summed E-state index contributed by atoms with van der Waals surface area (Å²) in [4.78, 5) is 10.7. The van der Waals surface area contributed by atoms with Gasteiger partial charge in [-0.3, -0.25) is 4.79 Å². The first-order chi connectivity index (χ1) is 5.18. The summed E-state index contributed by atoms with van der Waals surface area (Å²) >= 11 is 0. The van der Waals surface area contributed by atoms with Crippen molar-refractivity contribution in [1.29, 1.82) is 0 Å². The quantitative estimate of drug-likeness (QED) is 0.613. The second-order valence-corrected chi connectivity index (χ2v) is 3.67. The van der Waals surface area contributed by atoms with Crippen molar-refractivity contribution in [2.24, 2.45) is 5.92 Å². The molecular formula is C9H17NO. The molecule has 1 aliphatic carbocycles. The van der Waals surface area contributed by atoms with Crippen LogP contribution in [-0.2, 0) is 4.79 Å². The minimum atomic E-state index is 0.115. The van der Waals surface area contributed by atoms with E-state index in [1.165, 1.54) is 25.7 Å². The van der Waals surface area contributed by atoms with E-state index in [0.717, 1.165) is 5.92 Å². The van der Waals surface area contributed by atoms with Crippen LogP contribution in [0.25, 0.3) is 0 Å². The fourth-order valence-corrected chi connectivity index (χ4v) is 1.85. The lowest BCUT2D eigenvalue weighted by Crippen LogP contribution is -2.36. The lowest BCUT2D eigenvalue weighted by Gasteiger charge is -2.26. The molecule has 0 saturated heterocycles. The molecule has 1 saturated carbocycles. The first kappa shape index (κ1) is 8.57. The Labute approximate surface area is 68.4 Å². The standard InChI is InChI=1S/C9H17NO/c1-7-4-3-5-9(6-7)10-8(2)11/h7,9H,3-6H2,1-2H3,(H,10,11)/t7-,9+/m1/s1. The number of nitrogens with one attached hydrogen (secondary N) is 1. The fraction of sp³-hybridized carbons (Fsp3) is 0.889. The summed E-state index contributed by atoms with van der Waals surface area (Å²) < 4.78 is 0. The van der Waals surface area contributed by atoms with Crippen molar-refractivity contribution in [2.75, 3.05) is 0 Å². The number of rotatable bonds is 1. The summed E-state index contributed by atoms with van der Waals surface area (Å²) in [5.74, 6) is 0.907. The van der Waals surface area contributed by atoms with E-state index < -0.39 is 0 Å². The van der Waals surface area contributed by atoms with Crippen LogP contribution in [0, 0.1) is 5.92 Å². The number of carbonyl (C=O) groups excluding carboxylic acids is 1. The van der Waals surface area contributed by atoms with E-state index in [4.69, 9.17) is 0 Å². The molecule has 1 fully saturated rings. The zero-order valence-electron chi connectivity index (χ0n) is 7.39. The monoisotopic (exact) mass is 155 g/mol. The van der Waals surface area contributed by atoms with Crippen LogP contribution in [0.2, 0.25) is 0 Å². The van der Waals surface area contributed by atoms with Crippen LogP contribution in [0.5, 0.6) is 0 Å². The summed E-state index contributed by atoms with van der Waals surface area (Å²) in [6, 6.07) is 0.455. The number of carbonyl (C=O) groups is 1. The molecule has 2 nitrogen and oxygen atoms in total. The van der Waals surface area contributed by atoms with Gasteiger partial charge in [-0.1, -0.05) is 19.8 Å². The Morgan fingerprint density at radius 2 is 2.18 bits per heavy atom.